The van der Waals surface area contributed by atoms with E-state index in [1.54, 1.807) is 42.9 Å². The summed E-state index contributed by atoms with van der Waals surface area (Å²) in [5, 5.41) is 2.70. The number of aromatic nitrogens is 1. The molecule has 1 N–H and O–H groups in total. The monoisotopic (exact) mass is 310 g/mol. The van der Waals surface area contributed by atoms with Crippen LogP contribution in [0.4, 0.5) is 10.1 Å². The predicted octanol–water partition coefficient (Wildman–Crippen LogP) is 3.49. The summed E-state index contributed by atoms with van der Waals surface area (Å²) in [6, 6.07) is 6.32. The van der Waals surface area contributed by atoms with Gasteiger partial charge < -0.3 is 9.88 Å². The number of carbonyl (C=O) groups excluding carboxylic acids is 1. The van der Waals surface area contributed by atoms with Gasteiger partial charge in [-0.15, -0.1) is 0 Å². The number of halogens is 2. The van der Waals surface area contributed by atoms with Gasteiger partial charge >= 0.3 is 0 Å². The van der Waals surface area contributed by atoms with Crippen molar-refractivity contribution in [1.29, 1.82) is 0 Å². The van der Waals surface area contributed by atoms with Crippen molar-refractivity contribution in [2.75, 3.05) is 5.32 Å². The highest BCUT2D eigenvalue weighted by Gasteiger charge is 2.13. The number of rotatable bonds is 2. The second-order valence-electron chi connectivity index (χ2n) is 4.02. The van der Waals surface area contributed by atoms with Gasteiger partial charge in [0.15, 0.2) is 0 Å². The van der Waals surface area contributed by atoms with Gasteiger partial charge in [0, 0.05) is 29.0 Å². The minimum absolute atomic E-state index is 0.267. The first-order valence-corrected chi connectivity index (χ1v) is 6.16. The molecule has 1 aromatic heterocycles. The average Bonchev–Trinajstić information content (AvgIpc) is 2.64. The zero-order valence-electron chi connectivity index (χ0n) is 10.00. The summed E-state index contributed by atoms with van der Waals surface area (Å²) in [5.74, 6) is -0.599. The molecule has 94 valence electrons. The molecule has 1 aromatic carbocycles. The van der Waals surface area contributed by atoms with E-state index in [1.165, 1.54) is 6.07 Å². The topological polar surface area (TPSA) is 34.0 Å². The van der Waals surface area contributed by atoms with Gasteiger partial charge in [-0.25, -0.2) is 4.39 Å². The van der Waals surface area contributed by atoms with Crippen molar-refractivity contribution in [3.63, 3.8) is 0 Å². The molecular formula is C13H12BrFN2O. The van der Waals surface area contributed by atoms with Gasteiger partial charge in [-0.3, -0.25) is 4.79 Å². The predicted molar refractivity (Wildman–Crippen MR) is 72.2 cm³/mol. The molecule has 1 heterocycles. The minimum Gasteiger partial charge on any atom is -0.345 e. The minimum atomic E-state index is -0.333. The van der Waals surface area contributed by atoms with Gasteiger partial charge in [0.05, 0.1) is 0 Å². The molecule has 0 bridgehead atoms. The fraction of sp³-hybridized carbons (Fsp3) is 0.154. The van der Waals surface area contributed by atoms with E-state index < -0.39 is 0 Å². The Morgan fingerprint density at radius 1 is 1.44 bits per heavy atom. The highest BCUT2D eigenvalue weighted by molar-refractivity contribution is 9.10. The Morgan fingerprint density at radius 3 is 2.78 bits per heavy atom. The Morgan fingerprint density at radius 2 is 2.17 bits per heavy atom. The molecule has 2 rings (SSSR count). The van der Waals surface area contributed by atoms with E-state index in [4.69, 9.17) is 0 Å². The number of anilines is 1. The van der Waals surface area contributed by atoms with Crippen molar-refractivity contribution in [1.82, 2.24) is 4.57 Å². The smallest absolute Gasteiger partial charge is 0.272 e. The van der Waals surface area contributed by atoms with E-state index in [0.717, 1.165) is 4.47 Å². The summed E-state index contributed by atoms with van der Waals surface area (Å²) >= 11 is 3.30. The molecule has 1 amide bonds. The standard InChI is InChI=1S/C13H12BrFN2O/c1-8-10(15)4-3-5-11(8)16-13(18)12-6-9(14)7-17(12)2/h3-7H,1-2H3,(H,16,18). The third kappa shape index (κ3) is 2.46. The van der Waals surface area contributed by atoms with Crippen LogP contribution in [0.3, 0.4) is 0 Å². The number of aryl methyl sites for hydroxylation is 1. The van der Waals surface area contributed by atoms with E-state index in [1.807, 2.05) is 0 Å². The average molecular weight is 311 g/mol. The Hall–Kier alpha value is -1.62. The van der Waals surface area contributed by atoms with Gasteiger partial charge in [-0.05, 0) is 41.1 Å². The normalized spacial score (nSPS) is 10.4. The van der Waals surface area contributed by atoms with Crippen LogP contribution in [0.5, 0.6) is 0 Å². The van der Waals surface area contributed by atoms with E-state index in [2.05, 4.69) is 21.2 Å². The van der Waals surface area contributed by atoms with Crippen molar-refractivity contribution in [2.24, 2.45) is 7.05 Å². The SMILES string of the molecule is Cc1c(F)cccc1NC(=O)c1cc(Br)cn1C. The van der Waals surface area contributed by atoms with Crippen LogP contribution in [0.2, 0.25) is 0 Å². The van der Waals surface area contributed by atoms with Gasteiger partial charge in [0.2, 0.25) is 0 Å². The van der Waals surface area contributed by atoms with E-state index in [0.29, 0.717) is 16.9 Å². The van der Waals surface area contributed by atoms with Crippen LogP contribution in [-0.4, -0.2) is 10.5 Å². The van der Waals surface area contributed by atoms with Gasteiger partial charge in [-0.1, -0.05) is 6.07 Å². The lowest BCUT2D eigenvalue weighted by atomic mass is 10.2. The van der Waals surface area contributed by atoms with Crippen LogP contribution in [0.15, 0.2) is 34.9 Å². The molecule has 0 saturated heterocycles. The Balaban J connectivity index is 2.27. The Labute approximate surface area is 113 Å². The van der Waals surface area contributed by atoms with Crippen molar-refractivity contribution in [3.05, 3.63) is 52.0 Å². The molecule has 0 atom stereocenters. The zero-order chi connectivity index (χ0) is 13.3. The molecule has 0 fully saturated rings. The highest BCUT2D eigenvalue weighted by Crippen LogP contribution is 2.19. The molecule has 2 aromatic rings. The molecule has 0 saturated carbocycles. The number of amides is 1. The van der Waals surface area contributed by atoms with Gasteiger partial charge in [0.1, 0.15) is 11.5 Å². The number of carbonyl (C=O) groups is 1. The van der Waals surface area contributed by atoms with E-state index in [9.17, 15) is 9.18 Å². The number of hydrogen-bond acceptors (Lipinski definition) is 1. The molecule has 5 heteroatoms. The van der Waals surface area contributed by atoms with Gasteiger partial charge in [0.25, 0.3) is 5.91 Å². The first-order valence-electron chi connectivity index (χ1n) is 5.37. The molecule has 0 radical (unpaired) electrons. The quantitative estimate of drug-likeness (QED) is 0.905. The summed E-state index contributed by atoms with van der Waals surface area (Å²) in [6.07, 6.45) is 1.79. The fourth-order valence-corrected chi connectivity index (χ4v) is 2.20. The number of benzene rings is 1. The number of nitrogens with one attached hydrogen (secondary N) is 1. The maximum atomic E-state index is 13.4. The molecule has 0 spiro atoms. The molecule has 0 aliphatic carbocycles. The lowest BCUT2D eigenvalue weighted by Crippen LogP contribution is -2.16. The van der Waals surface area contributed by atoms with E-state index >= 15 is 0 Å². The highest BCUT2D eigenvalue weighted by atomic mass is 79.9. The lowest BCUT2D eigenvalue weighted by molar-refractivity contribution is 0.101. The molecule has 0 aliphatic rings. The lowest BCUT2D eigenvalue weighted by Gasteiger charge is -2.09. The van der Waals surface area contributed by atoms with E-state index in [-0.39, 0.29) is 11.7 Å². The molecule has 3 nitrogen and oxygen atoms in total. The number of nitrogens with zero attached hydrogens (tertiary/aromatic N) is 1. The Bertz CT molecular complexity index is 607. The summed E-state index contributed by atoms with van der Waals surface area (Å²) in [7, 11) is 1.78. The summed E-state index contributed by atoms with van der Waals surface area (Å²) in [5.41, 5.74) is 1.42. The van der Waals surface area contributed by atoms with Crippen molar-refractivity contribution >= 4 is 27.5 Å². The third-order valence-electron chi connectivity index (χ3n) is 2.72. The third-order valence-corrected chi connectivity index (χ3v) is 3.15. The largest absolute Gasteiger partial charge is 0.345 e. The van der Waals surface area contributed by atoms with Crippen LogP contribution in [0.1, 0.15) is 16.1 Å². The maximum Gasteiger partial charge on any atom is 0.272 e. The van der Waals surface area contributed by atoms with Gasteiger partial charge in [-0.2, -0.15) is 0 Å². The molecule has 0 aliphatic heterocycles. The first-order chi connectivity index (χ1) is 8.49. The summed E-state index contributed by atoms with van der Waals surface area (Å²) in [4.78, 5) is 12.0. The first kappa shape index (κ1) is 12.8. The van der Waals surface area contributed by atoms with Crippen LogP contribution in [-0.2, 0) is 7.05 Å². The van der Waals surface area contributed by atoms with Crippen molar-refractivity contribution in [2.45, 2.75) is 6.92 Å². The van der Waals surface area contributed by atoms with Crippen LogP contribution < -0.4 is 5.32 Å². The molecule has 0 unspecified atom stereocenters. The van der Waals surface area contributed by atoms with Crippen molar-refractivity contribution < 1.29 is 9.18 Å². The summed E-state index contributed by atoms with van der Waals surface area (Å²) in [6.45, 7) is 1.63. The molecule has 18 heavy (non-hydrogen) atoms. The van der Waals surface area contributed by atoms with Crippen molar-refractivity contribution in [3.8, 4) is 0 Å². The zero-order valence-corrected chi connectivity index (χ0v) is 11.6. The fourth-order valence-electron chi connectivity index (χ4n) is 1.68. The number of hydrogen-bond donors (Lipinski definition) is 1. The second-order valence-corrected chi connectivity index (χ2v) is 4.94. The maximum absolute atomic E-state index is 13.4. The summed E-state index contributed by atoms with van der Waals surface area (Å²) < 4.78 is 15.9. The Kier molecular flexibility index (Phi) is 3.52. The second kappa shape index (κ2) is 4.94. The van der Waals surface area contributed by atoms with Crippen LogP contribution in [0, 0.1) is 12.7 Å². The molecular weight excluding hydrogens is 299 g/mol. The van der Waals surface area contributed by atoms with Crippen LogP contribution in [0.25, 0.3) is 0 Å². The van der Waals surface area contributed by atoms with Crippen LogP contribution >= 0.6 is 15.9 Å².